The molecule has 21 heavy (non-hydrogen) atoms. The van der Waals surface area contributed by atoms with Crippen LogP contribution in [0.2, 0.25) is 0 Å². The van der Waals surface area contributed by atoms with Gasteiger partial charge in [0.15, 0.2) is 11.5 Å². The first kappa shape index (κ1) is 15.5. The van der Waals surface area contributed by atoms with Crippen LogP contribution in [0.5, 0.6) is 11.5 Å². The van der Waals surface area contributed by atoms with Gasteiger partial charge in [-0.3, -0.25) is 4.79 Å². The van der Waals surface area contributed by atoms with Crippen molar-refractivity contribution in [2.45, 2.75) is 19.6 Å². The monoisotopic (exact) mass is 300 g/mol. The zero-order valence-corrected chi connectivity index (χ0v) is 11.9. The Morgan fingerprint density at radius 3 is 2.86 bits per heavy atom. The number of amides is 1. The third-order valence-corrected chi connectivity index (χ3v) is 3.29. The minimum atomic E-state index is -3.02. The quantitative estimate of drug-likeness (QED) is 0.920. The number of methoxy groups -OCH3 is 1. The fourth-order valence-corrected chi connectivity index (χ4v) is 2.34. The molecule has 0 aliphatic carbocycles. The summed E-state index contributed by atoms with van der Waals surface area (Å²) < 4.78 is 34.6. The number of nitrogens with one attached hydrogen (secondary N) is 1. The minimum Gasteiger partial charge on any atom is -0.493 e. The Kier molecular flexibility index (Phi) is 4.95. The summed E-state index contributed by atoms with van der Waals surface area (Å²) in [5.41, 5.74) is 0.0868. The maximum Gasteiger partial charge on any atom is 0.387 e. The highest BCUT2D eigenvalue weighted by Crippen LogP contribution is 2.33. The van der Waals surface area contributed by atoms with Crippen LogP contribution in [0, 0.1) is 0 Å². The van der Waals surface area contributed by atoms with Crippen LogP contribution in [0.3, 0.4) is 0 Å². The summed E-state index contributed by atoms with van der Waals surface area (Å²) in [5.74, 6) is -0.437. The molecule has 1 aromatic rings. The topological polar surface area (TPSA) is 50.8 Å². The van der Waals surface area contributed by atoms with E-state index in [1.165, 1.54) is 19.2 Å². The van der Waals surface area contributed by atoms with Gasteiger partial charge in [-0.05, 0) is 19.1 Å². The Morgan fingerprint density at radius 1 is 1.48 bits per heavy atom. The van der Waals surface area contributed by atoms with E-state index in [0.29, 0.717) is 19.6 Å². The van der Waals surface area contributed by atoms with Crippen molar-refractivity contribution in [1.29, 1.82) is 0 Å². The molecule has 0 aromatic heterocycles. The van der Waals surface area contributed by atoms with Gasteiger partial charge in [-0.2, -0.15) is 8.78 Å². The molecule has 1 fully saturated rings. The molecule has 1 heterocycles. The van der Waals surface area contributed by atoms with E-state index >= 15 is 0 Å². The summed E-state index contributed by atoms with van der Waals surface area (Å²) in [6.45, 7) is 0.650. The maximum atomic E-state index is 12.6. The molecule has 1 aliphatic heterocycles. The molecule has 1 amide bonds. The van der Waals surface area contributed by atoms with Gasteiger partial charge in [0.05, 0.1) is 12.7 Å². The largest absolute Gasteiger partial charge is 0.493 e. The molecule has 1 saturated heterocycles. The van der Waals surface area contributed by atoms with Gasteiger partial charge < -0.3 is 19.7 Å². The van der Waals surface area contributed by atoms with Crippen molar-refractivity contribution in [2.24, 2.45) is 0 Å². The lowest BCUT2D eigenvalue weighted by Crippen LogP contribution is -2.51. The van der Waals surface area contributed by atoms with Crippen LogP contribution in [0.15, 0.2) is 18.2 Å². The number of hydrogen-bond acceptors (Lipinski definition) is 4. The standard InChI is InChI=1S/C14H18F2N2O3/c1-9-8-18(7-6-17-9)13(19)10-4-3-5-11(20-2)12(10)21-14(15)16/h3-5,9,14,17H,6-8H2,1-2H3. The molecule has 0 saturated carbocycles. The molecule has 5 nitrogen and oxygen atoms in total. The predicted octanol–water partition coefficient (Wildman–Crippen LogP) is 1.73. The lowest BCUT2D eigenvalue weighted by Gasteiger charge is -2.32. The number of halogens is 2. The molecule has 1 aliphatic rings. The number of para-hydroxylation sites is 1. The summed E-state index contributed by atoms with van der Waals surface area (Å²) in [5, 5.41) is 3.22. The molecule has 1 unspecified atom stereocenters. The number of rotatable bonds is 4. The molecular weight excluding hydrogens is 282 g/mol. The molecule has 1 N–H and O–H groups in total. The third kappa shape index (κ3) is 3.60. The first-order valence-electron chi connectivity index (χ1n) is 6.67. The molecular formula is C14H18F2N2O3. The van der Waals surface area contributed by atoms with Gasteiger partial charge in [0.1, 0.15) is 0 Å². The van der Waals surface area contributed by atoms with Crippen molar-refractivity contribution in [3.63, 3.8) is 0 Å². The van der Waals surface area contributed by atoms with Crippen molar-refractivity contribution < 1.29 is 23.0 Å². The summed E-state index contributed by atoms with van der Waals surface area (Å²) in [7, 11) is 1.34. The van der Waals surface area contributed by atoms with Crippen molar-refractivity contribution >= 4 is 5.91 Å². The Morgan fingerprint density at radius 2 is 2.24 bits per heavy atom. The molecule has 116 valence electrons. The van der Waals surface area contributed by atoms with E-state index in [-0.39, 0.29) is 29.0 Å². The van der Waals surface area contributed by atoms with Gasteiger partial charge in [0.25, 0.3) is 5.91 Å². The fourth-order valence-electron chi connectivity index (χ4n) is 2.34. The van der Waals surface area contributed by atoms with Crippen LogP contribution < -0.4 is 14.8 Å². The maximum absolute atomic E-state index is 12.6. The summed E-state index contributed by atoms with van der Waals surface area (Å²) in [4.78, 5) is 14.2. The molecule has 1 aromatic carbocycles. The van der Waals surface area contributed by atoms with Crippen LogP contribution in [0.1, 0.15) is 17.3 Å². The van der Waals surface area contributed by atoms with E-state index in [1.807, 2.05) is 6.92 Å². The highest BCUT2D eigenvalue weighted by Gasteiger charge is 2.26. The number of piperazine rings is 1. The average Bonchev–Trinajstić information content (AvgIpc) is 2.46. The number of ether oxygens (including phenoxy) is 2. The number of hydrogen-bond donors (Lipinski definition) is 1. The van der Waals surface area contributed by atoms with E-state index < -0.39 is 6.61 Å². The van der Waals surface area contributed by atoms with E-state index in [0.717, 1.165) is 0 Å². The Hall–Kier alpha value is -1.89. The summed E-state index contributed by atoms with van der Waals surface area (Å²) in [6, 6.07) is 4.69. The Labute approximate surface area is 121 Å². The van der Waals surface area contributed by atoms with E-state index in [1.54, 1.807) is 11.0 Å². The second-order valence-corrected chi connectivity index (χ2v) is 4.82. The number of carbonyl (C=O) groups excluding carboxylic acids is 1. The van der Waals surface area contributed by atoms with Crippen LogP contribution in [-0.2, 0) is 0 Å². The first-order chi connectivity index (χ1) is 10.0. The van der Waals surface area contributed by atoms with E-state index in [9.17, 15) is 13.6 Å². The highest BCUT2D eigenvalue weighted by molar-refractivity contribution is 5.98. The number of nitrogens with zero attached hydrogens (tertiary/aromatic N) is 1. The van der Waals surface area contributed by atoms with Crippen molar-refractivity contribution in [2.75, 3.05) is 26.7 Å². The zero-order chi connectivity index (χ0) is 15.4. The van der Waals surface area contributed by atoms with Crippen molar-refractivity contribution in [3.05, 3.63) is 23.8 Å². The molecule has 1 atom stereocenters. The summed E-state index contributed by atoms with van der Waals surface area (Å²) >= 11 is 0. The van der Waals surface area contributed by atoms with E-state index in [2.05, 4.69) is 10.1 Å². The number of benzene rings is 1. The average molecular weight is 300 g/mol. The lowest BCUT2D eigenvalue weighted by molar-refractivity contribution is -0.0516. The van der Waals surface area contributed by atoms with Gasteiger partial charge in [-0.15, -0.1) is 0 Å². The zero-order valence-electron chi connectivity index (χ0n) is 11.9. The van der Waals surface area contributed by atoms with Crippen molar-refractivity contribution in [3.8, 4) is 11.5 Å². The van der Waals surface area contributed by atoms with Crippen LogP contribution in [0.25, 0.3) is 0 Å². The first-order valence-corrected chi connectivity index (χ1v) is 6.67. The van der Waals surface area contributed by atoms with Crippen molar-refractivity contribution in [1.82, 2.24) is 10.2 Å². The molecule has 0 bridgehead atoms. The lowest BCUT2D eigenvalue weighted by atomic mass is 10.1. The number of alkyl halides is 2. The molecule has 0 radical (unpaired) electrons. The fraction of sp³-hybridized carbons (Fsp3) is 0.500. The normalized spacial score (nSPS) is 18.7. The van der Waals surface area contributed by atoms with Gasteiger partial charge in [0.2, 0.25) is 0 Å². The van der Waals surface area contributed by atoms with E-state index in [4.69, 9.17) is 4.74 Å². The highest BCUT2D eigenvalue weighted by atomic mass is 19.3. The van der Waals surface area contributed by atoms with Crippen LogP contribution in [-0.4, -0.2) is 50.2 Å². The number of carbonyl (C=O) groups is 1. The van der Waals surface area contributed by atoms with Gasteiger partial charge in [-0.1, -0.05) is 6.07 Å². The third-order valence-electron chi connectivity index (χ3n) is 3.29. The Balaban J connectivity index is 2.31. The molecule has 0 spiro atoms. The Bertz CT molecular complexity index is 511. The molecule has 7 heteroatoms. The second-order valence-electron chi connectivity index (χ2n) is 4.82. The smallest absolute Gasteiger partial charge is 0.387 e. The molecule has 2 rings (SSSR count). The van der Waals surface area contributed by atoms with Gasteiger partial charge >= 0.3 is 6.61 Å². The minimum absolute atomic E-state index is 0.0868. The van der Waals surface area contributed by atoms with Crippen LogP contribution in [0.4, 0.5) is 8.78 Å². The van der Waals surface area contributed by atoms with Gasteiger partial charge in [0, 0.05) is 25.7 Å². The van der Waals surface area contributed by atoms with Crippen LogP contribution >= 0.6 is 0 Å². The second kappa shape index (κ2) is 6.71. The SMILES string of the molecule is COc1cccc(C(=O)N2CCNC(C)C2)c1OC(F)F. The van der Waals surface area contributed by atoms with Gasteiger partial charge in [-0.25, -0.2) is 0 Å². The summed E-state index contributed by atoms with van der Waals surface area (Å²) in [6.07, 6.45) is 0. The predicted molar refractivity (Wildman–Crippen MR) is 73.0 cm³/mol.